The first-order chi connectivity index (χ1) is 16.0. The molecule has 0 aliphatic carbocycles. The van der Waals surface area contributed by atoms with Crippen LogP contribution in [0.15, 0.2) is 54.0 Å². The quantitative estimate of drug-likeness (QED) is 0.558. The van der Waals surface area contributed by atoms with Crippen LogP contribution in [0.1, 0.15) is 35.0 Å². The van der Waals surface area contributed by atoms with E-state index in [0.29, 0.717) is 24.5 Å². The Balaban J connectivity index is 1.41. The molecule has 0 saturated carbocycles. The van der Waals surface area contributed by atoms with Crippen LogP contribution in [0.5, 0.6) is 5.75 Å². The van der Waals surface area contributed by atoms with Crippen molar-refractivity contribution < 1.29 is 19.4 Å². The molecule has 0 radical (unpaired) electrons. The highest BCUT2D eigenvalue weighted by Gasteiger charge is 2.39. The van der Waals surface area contributed by atoms with Crippen LogP contribution in [0.3, 0.4) is 0 Å². The molecule has 2 heterocycles. The van der Waals surface area contributed by atoms with Crippen LogP contribution < -0.4 is 10.1 Å². The minimum Gasteiger partial charge on any atom is -0.494 e. The van der Waals surface area contributed by atoms with Crippen LogP contribution in [-0.4, -0.2) is 52.1 Å². The molecule has 2 amide bonds. The third-order valence-electron chi connectivity index (χ3n) is 5.66. The summed E-state index contributed by atoms with van der Waals surface area (Å²) in [6.45, 7) is 4.82. The molecule has 1 fully saturated rings. The van der Waals surface area contributed by atoms with Gasteiger partial charge < -0.3 is 20.1 Å². The maximum absolute atomic E-state index is 13.1. The minimum atomic E-state index is -0.735. The average molecular weight is 466 g/mol. The van der Waals surface area contributed by atoms with Crippen molar-refractivity contribution >= 4 is 23.2 Å². The van der Waals surface area contributed by atoms with Gasteiger partial charge in [-0.15, -0.1) is 11.3 Å². The number of rotatable bonds is 7. The van der Waals surface area contributed by atoms with Crippen LogP contribution in [-0.2, 0) is 11.3 Å². The van der Waals surface area contributed by atoms with Gasteiger partial charge in [-0.25, -0.2) is 4.98 Å². The number of likely N-dealkylation sites (tertiary alicyclic amines) is 1. The van der Waals surface area contributed by atoms with Crippen molar-refractivity contribution in [2.24, 2.45) is 0 Å². The molecule has 4 rings (SSSR count). The lowest BCUT2D eigenvalue weighted by Crippen LogP contribution is -2.45. The van der Waals surface area contributed by atoms with E-state index >= 15 is 0 Å². The lowest BCUT2D eigenvalue weighted by Gasteiger charge is -2.24. The van der Waals surface area contributed by atoms with Crippen molar-refractivity contribution in [3.05, 3.63) is 70.9 Å². The second-order valence-corrected chi connectivity index (χ2v) is 8.86. The van der Waals surface area contributed by atoms with E-state index < -0.39 is 12.1 Å². The first kappa shape index (κ1) is 22.9. The SMILES string of the molecule is CCOc1cccc(C(=O)N2CC(O)C[C@H]2C(=O)NCc2ccc(-c3scnc3C)cc2)c1. The summed E-state index contributed by atoms with van der Waals surface area (Å²) in [6, 6.07) is 14.1. The van der Waals surface area contributed by atoms with Crippen molar-refractivity contribution in [2.75, 3.05) is 13.2 Å². The van der Waals surface area contributed by atoms with Crippen molar-refractivity contribution in [2.45, 2.75) is 39.0 Å². The number of aliphatic hydroxyl groups is 1. The molecular formula is C25H27N3O4S. The smallest absolute Gasteiger partial charge is 0.254 e. The molecule has 1 aliphatic rings. The summed E-state index contributed by atoms with van der Waals surface area (Å²) in [7, 11) is 0. The first-order valence-electron chi connectivity index (χ1n) is 10.9. The molecule has 172 valence electrons. The molecule has 1 aromatic heterocycles. The zero-order chi connectivity index (χ0) is 23.4. The Morgan fingerprint density at radius 3 is 2.73 bits per heavy atom. The van der Waals surface area contributed by atoms with Gasteiger partial charge in [0.2, 0.25) is 5.91 Å². The molecule has 2 N–H and O–H groups in total. The highest BCUT2D eigenvalue weighted by atomic mass is 32.1. The lowest BCUT2D eigenvalue weighted by atomic mass is 10.1. The van der Waals surface area contributed by atoms with E-state index in [9.17, 15) is 14.7 Å². The van der Waals surface area contributed by atoms with Crippen molar-refractivity contribution in [3.8, 4) is 16.2 Å². The predicted octanol–water partition coefficient (Wildman–Crippen LogP) is 3.41. The summed E-state index contributed by atoms with van der Waals surface area (Å²) in [4.78, 5) is 32.9. The van der Waals surface area contributed by atoms with Gasteiger partial charge in [0.25, 0.3) is 5.91 Å². The Bertz CT molecular complexity index is 1130. The van der Waals surface area contributed by atoms with Gasteiger partial charge in [0.05, 0.1) is 28.8 Å². The monoisotopic (exact) mass is 465 g/mol. The highest BCUT2D eigenvalue weighted by molar-refractivity contribution is 7.13. The summed E-state index contributed by atoms with van der Waals surface area (Å²) < 4.78 is 5.48. The first-order valence-corrected chi connectivity index (χ1v) is 11.8. The fourth-order valence-electron chi connectivity index (χ4n) is 4.00. The minimum absolute atomic E-state index is 0.124. The van der Waals surface area contributed by atoms with Crippen molar-refractivity contribution in [1.82, 2.24) is 15.2 Å². The van der Waals surface area contributed by atoms with Gasteiger partial charge in [-0.05, 0) is 43.2 Å². The van der Waals surface area contributed by atoms with E-state index in [0.717, 1.165) is 21.7 Å². The number of hydrogen-bond donors (Lipinski definition) is 2. The highest BCUT2D eigenvalue weighted by Crippen LogP contribution is 2.27. The molecule has 0 bridgehead atoms. The average Bonchev–Trinajstić information content (AvgIpc) is 3.43. The van der Waals surface area contributed by atoms with Gasteiger partial charge in [0.15, 0.2) is 0 Å². The Hall–Kier alpha value is -3.23. The number of aliphatic hydroxyl groups excluding tert-OH is 1. The molecule has 1 aliphatic heterocycles. The standard InChI is InChI=1S/C25H27N3O4S/c1-3-32-21-6-4-5-19(11-21)25(31)28-14-20(29)12-22(28)24(30)26-13-17-7-9-18(10-8-17)23-16(2)27-15-33-23/h4-11,15,20,22,29H,3,12-14H2,1-2H3,(H,26,30)/t20?,22-/m0/s1. The number of ether oxygens (including phenoxy) is 1. The Morgan fingerprint density at radius 1 is 1.24 bits per heavy atom. The molecule has 2 atom stereocenters. The number of aromatic nitrogens is 1. The number of carbonyl (C=O) groups excluding carboxylic acids is 2. The maximum atomic E-state index is 13.1. The summed E-state index contributed by atoms with van der Waals surface area (Å²) in [5.41, 5.74) is 5.30. The Morgan fingerprint density at radius 2 is 2.03 bits per heavy atom. The third kappa shape index (κ3) is 5.23. The van der Waals surface area contributed by atoms with Crippen molar-refractivity contribution in [3.63, 3.8) is 0 Å². The third-order valence-corrected chi connectivity index (χ3v) is 6.64. The van der Waals surface area contributed by atoms with E-state index in [1.165, 1.54) is 4.90 Å². The molecule has 33 heavy (non-hydrogen) atoms. The fraction of sp³-hybridized carbons (Fsp3) is 0.320. The van der Waals surface area contributed by atoms with Gasteiger partial charge in [0.1, 0.15) is 11.8 Å². The zero-order valence-corrected chi connectivity index (χ0v) is 19.5. The Kier molecular flexibility index (Phi) is 7.05. The fourth-order valence-corrected chi connectivity index (χ4v) is 4.81. The van der Waals surface area contributed by atoms with E-state index in [2.05, 4.69) is 10.3 Å². The van der Waals surface area contributed by atoms with Crippen LogP contribution >= 0.6 is 11.3 Å². The molecule has 7 nitrogen and oxygen atoms in total. The molecule has 8 heteroatoms. The Labute approximate surface area is 197 Å². The maximum Gasteiger partial charge on any atom is 0.254 e. The largest absolute Gasteiger partial charge is 0.494 e. The van der Waals surface area contributed by atoms with Crippen LogP contribution in [0, 0.1) is 6.92 Å². The molecule has 3 aromatic rings. The number of β-amino-alcohol motifs (C(OH)–C–C–N with tert-alkyl or cyclic N) is 1. The van der Waals surface area contributed by atoms with Gasteiger partial charge in [-0.2, -0.15) is 0 Å². The molecule has 1 saturated heterocycles. The number of thiazole rings is 1. The number of nitrogens with zero attached hydrogens (tertiary/aromatic N) is 2. The van der Waals surface area contributed by atoms with Gasteiger partial charge >= 0.3 is 0 Å². The van der Waals surface area contributed by atoms with Crippen molar-refractivity contribution in [1.29, 1.82) is 0 Å². The molecule has 1 unspecified atom stereocenters. The predicted molar refractivity (Wildman–Crippen MR) is 127 cm³/mol. The van der Waals surface area contributed by atoms with Crippen LogP contribution in [0.25, 0.3) is 10.4 Å². The summed E-state index contributed by atoms with van der Waals surface area (Å²) in [5, 5.41) is 13.1. The second-order valence-electron chi connectivity index (χ2n) is 8.01. The van der Waals surface area contributed by atoms with Gasteiger partial charge in [-0.3, -0.25) is 9.59 Å². The summed E-state index contributed by atoms with van der Waals surface area (Å²) >= 11 is 1.60. The molecule has 2 aromatic carbocycles. The topological polar surface area (TPSA) is 91.8 Å². The van der Waals surface area contributed by atoms with Crippen LogP contribution in [0.4, 0.5) is 0 Å². The lowest BCUT2D eigenvalue weighted by molar-refractivity contribution is -0.125. The normalized spacial score (nSPS) is 17.7. The summed E-state index contributed by atoms with van der Waals surface area (Å²) in [6.07, 6.45) is -0.520. The zero-order valence-electron chi connectivity index (χ0n) is 18.7. The van der Waals surface area contributed by atoms with E-state index in [-0.39, 0.29) is 24.8 Å². The second kappa shape index (κ2) is 10.1. The van der Waals surface area contributed by atoms with Gasteiger partial charge in [0, 0.05) is 25.1 Å². The number of aryl methyl sites for hydroxylation is 1. The van der Waals surface area contributed by atoms with E-state index in [1.807, 2.05) is 43.6 Å². The van der Waals surface area contributed by atoms with Gasteiger partial charge in [-0.1, -0.05) is 30.3 Å². The van der Waals surface area contributed by atoms with E-state index in [1.54, 1.807) is 35.6 Å². The van der Waals surface area contributed by atoms with E-state index in [4.69, 9.17) is 4.74 Å². The molecular weight excluding hydrogens is 438 g/mol. The van der Waals surface area contributed by atoms with Crippen LogP contribution in [0.2, 0.25) is 0 Å². The molecule has 0 spiro atoms. The number of nitrogens with one attached hydrogen (secondary N) is 1. The summed E-state index contributed by atoms with van der Waals surface area (Å²) in [5.74, 6) is 0.0295. The number of benzene rings is 2. The number of hydrogen-bond acceptors (Lipinski definition) is 6. The number of amides is 2. The number of carbonyl (C=O) groups is 2.